The van der Waals surface area contributed by atoms with E-state index in [2.05, 4.69) is 26.6 Å². The molecular formula is C15H15BrN2O2. The molecule has 0 radical (unpaired) electrons. The van der Waals surface area contributed by atoms with E-state index >= 15 is 0 Å². The lowest BCUT2D eigenvalue weighted by molar-refractivity contribution is -0.114. The molecule has 0 saturated heterocycles. The van der Waals surface area contributed by atoms with Crippen molar-refractivity contribution in [3.05, 3.63) is 53.0 Å². The second kappa shape index (κ2) is 6.96. The van der Waals surface area contributed by atoms with Crippen molar-refractivity contribution in [1.82, 2.24) is 0 Å². The number of benzene rings is 2. The standard InChI is InChI=1S/C15H15BrN2O2/c1-20-14-5-3-2-4-13(14)17-10-15(19)18-12-8-6-11(16)7-9-12/h2-9,17H,10H2,1H3,(H,18,19). The summed E-state index contributed by atoms with van der Waals surface area (Å²) in [5.41, 5.74) is 1.56. The van der Waals surface area contributed by atoms with Gasteiger partial charge in [-0.25, -0.2) is 0 Å². The van der Waals surface area contributed by atoms with E-state index in [-0.39, 0.29) is 12.5 Å². The Morgan fingerprint density at radius 3 is 2.55 bits per heavy atom. The molecule has 0 spiro atoms. The molecule has 0 aliphatic rings. The quantitative estimate of drug-likeness (QED) is 0.879. The van der Waals surface area contributed by atoms with Crippen LogP contribution in [0, 0.1) is 0 Å². The molecule has 5 heteroatoms. The molecule has 2 aromatic carbocycles. The van der Waals surface area contributed by atoms with Crippen molar-refractivity contribution in [2.75, 3.05) is 24.3 Å². The van der Waals surface area contributed by atoms with Crippen LogP contribution < -0.4 is 15.4 Å². The minimum absolute atomic E-state index is 0.113. The summed E-state index contributed by atoms with van der Waals surface area (Å²) < 4.78 is 6.18. The maximum absolute atomic E-state index is 11.8. The third-order valence-corrected chi connectivity index (χ3v) is 3.20. The molecule has 2 rings (SSSR count). The Kier molecular flexibility index (Phi) is 5.01. The normalized spacial score (nSPS) is 9.90. The Hall–Kier alpha value is -2.01. The number of hydrogen-bond acceptors (Lipinski definition) is 3. The van der Waals surface area contributed by atoms with Gasteiger partial charge in [0.2, 0.25) is 5.91 Å². The zero-order valence-electron chi connectivity index (χ0n) is 11.0. The average molecular weight is 335 g/mol. The molecule has 0 fully saturated rings. The smallest absolute Gasteiger partial charge is 0.243 e. The lowest BCUT2D eigenvalue weighted by atomic mass is 10.3. The Balaban J connectivity index is 1.90. The number of ether oxygens (including phenoxy) is 1. The largest absolute Gasteiger partial charge is 0.495 e. The Morgan fingerprint density at radius 1 is 1.15 bits per heavy atom. The van der Waals surface area contributed by atoms with Crippen molar-refractivity contribution in [2.24, 2.45) is 0 Å². The lowest BCUT2D eigenvalue weighted by Gasteiger charge is -2.11. The highest BCUT2D eigenvalue weighted by molar-refractivity contribution is 9.10. The van der Waals surface area contributed by atoms with Gasteiger partial charge < -0.3 is 15.4 Å². The summed E-state index contributed by atoms with van der Waals surface area (Å²) in [6.07, 6.45) is 0. The number of anilines is 2. The molecule has 1 amide bonds. The predicted molar refractivity (Wildman–Crippen MR) is 84.3 cm³/mol. The van der Waals surface area contributed by atoms with E-state index in [4.69, 9.17) is 4.74 Å². The van der Waals surface area contributed by atoms with E-state index in [1.54, 1.807) is 7.11 Å². The van der Waals surface area contributed by atoms with Crippen LogP contribution in [0.4, 0.5) is 11.4 Å². The van der Waals surface area contributed by atoms with Gasteiger partial charge in [0, 0.05) is 10.2 Å². The van der Waals surface area contributed by atoms with Crippen molar-refractivity contribution >= 4 is 33.2 Å². The van der Waals surface area contributed by atoms with Crippen molar-refractivity contribution in [1.29, 1.82) is 0 Å². The molecule has 0 aliphatic heterocycles. The van der Waals surface area contributed by atoms with Gasteiger partial charge in [-0.15, -0.1) is 0 Å². The maximum atomic E-state index is 11.8. The highest BCUT2D eigenvalue weighted by Crippen LogP contribution is 2.22. The predicted octanol–water partition coefficient (Wildman–Crippen LogP) is 3.51. The van der Waals surface area contributed by atoms with E-state index in [9.17, 15) is 4.79 Å². The molecule has 0 unspecified atom stereocenters. The van der Waals surface area contributed by atoms with E-state index in [1.165, 1.54) is 0 Å². The molecule has 4 nitrogen and oxygen atoms in total. The highest BCUT2D eigenvalue weighted by atomic mass is 79.9. The number of halogens is 1. The van der Waals surface area contributed by atoms with Crippen molar-refractivity contribution in [3.8, 4) is 5.75 Å². The van der Waals surface area contributed by atoms with Gasteiger partial charge >= 0.3 is 0 Å². The Bertz CT molecular complexity index is 585. The molecule has 2 N–H and O–H groups in total. The van der Waals surface area contributed by atoms with Crippen LogP contribution in [0.2, 0.25) is 0 Å². The molecule has 0 bridgehead atoms. The molecule has 0 aliphatic carbocycles. The van der Waals surface area contributed by atoms with E-state index < -0.39 is 0 Å². The summed E-state index contributed by atoms with van der Waals surface area (Å²) >= 11 is 3.35. The first-order chi connectivity index (χ1) is 9.69. The number of hydrogen-bond donors (Lipinski definition) is 2. The van der Waals surface area contributed by atoms with Crippen LogP contribution in [0.15, 0.2) is 53.0 Å². The number of carbonyl (C=O) groups excluding carboxylic acids is 1. The van der Waals surface area contributed by atoms with Gasteiger partial charge in [0.05, 0.1) is 19.3 Å². The fourth-order valence-corrected chi connectivity index (χ4v) is 1.97. The lowest BCUT2D eigenvalue weighted by Crippen LogP contribution is -2.21. The third kappa shape index (κ3) is 3.99. The van der Waals surface area contributed by atoms with Crippen LogP contribution in [0.5, 0.6) is 5.75 Å². The van der Waals surface area contributed by atoms with Crippen LogP contribution in [0.25, 0.3) is 0 Å². The zero-order valence-corrected chi connectivity index (χ0v) is 12.6. The fraction of sp³-hybridized carbons (Fsp3) is 0.133. The van der Waals surface area contributed by atoms with Crippen molar-refractivity contribution in [2.45, 2.75) is 0 Å². The fourth-order valence-electron chi connectivity index (χ4n) is 1.70. The molecule has 0 atom stereocenters. The van der Waals surface area contributed by atoms with Gasteiger partial charge in [0.15, 0.2) is 0 Å². The minimum Gasteiger partial charge on any atom is -0.495 e. The number of para-hydroxylation sites is 2. The van der Waals surface area contributed by atoms with Crippen molar-refractivity contribution in [3.63, 3.8) is 0 Å². The summed E-state index contributed by atoms with van der Waals surface area (Å²) in [7, 11) is 1.60. The van der Waals surface area contributed by atoms with Crippen LogP contribution in [0.3, 0.4) is 0 Å². The summed E-state index contributed by atoms with van der Waals surface area (Å²) in [6, 6.07) is 14.9. The first-order valence-corrected chi connectivity index (χ1v) is 6.90. The first kappa shape index (κ1) is 14.4. The summed E-state index contributed by atoms with van der Waals surface area (Å²) in [5, 5.41) is 5.86. The summed E-state index contributed by atoms with van der Waals surface area (Å²) in [4.78, 5) is 11.8. The van der Waals surface area contributed by atoms with E-state index in [0.29, 0.717) is 5.75 Å². The van der Waals surface area contributed by atoms with Gasteiger partial charge in [0.25, 0.3) is 0 Å². The minimum atomic E-state index is -0.113. The van der Waals surface area contributed by atoms with E-state index in [0.717, 1.165) is 15.8 Å². The number of rotatable bonds is 5. The van der Waals surface area contributed by atoms with Crippen LogP contribution in [-0.2, 0) is 4.79 Å². The topological polar surface area (TPSA) is 50.4 Å². The molecule has 0 aromatic heterocycles. The maximum Gasteiger partial charge on any atom is 0.243 e. The summed E-state index contributed by atoms with van der Waals surface area (Å²) in [6.45, 7) is 0.177. The highest BCUT2D eigenvalue weighted by Gasteiger charge is 2.05. The second-order valence-electron chi connectivity index (χ2n) is 4.11. The van der Waals surface area contributed by atoms with Gasteiger partial charge in [-0.1, -0.05) is 28.1 Å². The molecule has 2 aromatic rings. The van der Waals surface area contributed by atoms with Crippen LogP contribution in [-0.4, -0.2) is 19.6 Å². The monoisotopic (exact) mass is 334 g/mol. The number of methoxy groups -OCH3 is 1. The van der Waals surface area contributed by atoms with Gasteiger partial charge in [0.1, 0.15) is 5.75 Å². The molecule has 0 heterocycles. The summed E-state index contributed by atoms with van der Waals surface area (Å²) in [5.74, 6) is 0.599. The average Bonchev–Trinajstić information content (AvgIpc) is 2.48. The third-order valence-electron chi connectivity index (χ3n) is 2.67. The van der Waals surface area contributed by atoms with Crippen LogP contribution >= 0.6 is 15.9 Å². The number of amides is 1. The first-order valence-electron chi connectivity index (χ1n) is 6.11. The van der Waals surface area contributed by atoms with Gasteiger partial charge in [-0.3, -0.25) is 4.79 Å². The molecule has 20 heavy (non-hydrogen) atoms. The SMILES string of the molecule is COc1ccccc1NCC(=O)Nc1ccc(Br)cc1. The molecule has 104 valence electrons. The molecule has 0 saturated carbocycles. The number of carbonyl (C=O) groups is 1. The van der Waals surface area contributed by atoms with E-state index in [1.807, 2.05) is 48.5 Å². The van der Waals surface area contributed by atoms with Crippen molar-refractivity contribution < 1.29 is 9.53 Å². The van der Waals surface area contributed by atoms with Crippen LogP contribution in [0.1, 0.15) is 0 Å². The second-order valence-corrected chi connectivity index (χ2v) is 5.02. The molecular weight excluding hydrogens is 320 g/mol. The Labute approximate surface area is 126 Å². The Morgan fingerprint density at radius 2 is 1.85 bits per heavy atom. The van der Waals surface area contributed by atoms with Gasteiger partial charge in [-0.2, -0.15) is 0 Å². The van der Waals surface area contributed by atoms with Gasteiger partial charge in [-0.05, 0) is 36.4 Å². The zero-order chi connectivity index (χ0) is 14.4. The number of nitrogens with one attached hydrogen (secondary N) is 2.